The van der Waals surface area contributed by atoms with E-state index in [0.29, 0.717) is 17.0 Å². The molecule has 0 atom stereocenters. The monoisotopic (exact) mass is 372 g/mol. The minimum absolute atomic E-state index is 0.0475. The second-order valence-electron chi connectivity index (χ2n) is 3.85. The van der Waals surface area contributed by atoms with E-state index >= 15 is 0 Å². The number of nitrogens with one attached hydrogen (secondary N) is 1. The van der Waals surface area contributed by atoms with E-state index in [-0.39, 0.29) is 22.3 Å². The molecule has 21 heavy (non-hydrogen) atoms. The van der Waals surface area contributed by atoms with Gasteiger partial charge in [0.25, 0.3) is 0 Å². The Morgan fingerprint density at radius 2 is 2.29 bits per heavy atom. The van der Waals surface area contributed by atoms with Crippen molar-refractivity contribution >= 4 is 39.2 Å². The first-order valence-corrected chi connectivity index (χ1v) is 7.06. The number of aromatic nitrogens is 2. The van der Waals surface area contributed by atoms with Crippen LogP contribution in [0.3, 0.4) is 0 Å². The third kappa shape index (κ3) is 3.79. The molecule has 1 aromatic carbocycles. The van der Waals surface area contributed by atoms with E-state index in [4.69, 9.17) is 16.3 Å². The molecule has 0 saturated heterocycles. The fourth-order valence-electron chi connectivity index (χ4n) is 1.49. The van der Waals surface area contributed by atoms with Crippen molar-refractivity contribution in [2.45, 2.75) is 6.92 Å². The quantitative estimate of drug-likeness (QED) is 0.628. The molecule has 7 nitrogen and oxygen atoms in total. The summed E-state index contributed by atoms with van der Waals surface area (Å²) in [5, 5.41) is 14.2. The van der Waals surface area contributed by atoms with E-state index in [0.717, 1.165) is 0 Å². The lowest BCUT2D eigenvalue weighted by molar-refractivity contribution is -0.385. The molecular weight excluding hydrogens is 364 g/mol. The number of halogens is 2. The molecule has 2 aromatic rings. The van der Waals surface area contributed by atoms with E-state index in [1.807, 2.05) is 6.92 Å². The molecule has 0 unspecified atom stereocenters. The lowest BCUT2D eigenvalue weighted by atomic mass is 10.3. The van der Waals surface area contributed by atoms with Gasteiger partial charge in [-0.2, -0.15) is 4.98 Å². The molecule has 0 aliphatic heterocycles. The molecular formula is C12H10BrClN4O3. The van der Waals surface area contributed by atoms with Crippen molar-refractivity contribution in [1.82, 2.24) is 9.97 Å². The van der Waals surface area contributed by atoms with Gasteiger partial charge in [0.1, 0.15) is 0 Å². The van der Waals surface area contributed by atoms with Crippen molar-refractivity contribution in [2.24, 2.45) is 0 Å². The highest BCUT2D eigenvalue weighted by molar-refractivity contribution is 9.10. The number of nitrogens with zero attached hydrogens (tertiary/aromatic N) is 3. The summed E-state index contributed by atoms with van der Waals surface area (Å²) in [6.45, 7) is 2.54. The van der Waals surface area contributed by atoms with Crippen molar-refractivity contribution < 1.29 is 9.66 Å². The van der Waals surface area contributed by atoms with Crippen LogP contribution in [0, 0.1) is 10.1 Å². The van der Waals surface area contributed by atoms with Gasteiger partial charge in [0.2, 0.25) is 17.6 Å². The average Bonchev–Trinajstić information content (AvgIpc) is 2.44. The maximum Gasteiger partial charge on any atom is 0.313 e. The van der Waals surface area contributed by atoms with Crippen LogP contribution in [0.1, 0.15) is 6.92 Å². The number of ether oxygens (including phenoxy) is 1. The number of anilines is 1. The summed E-state index contributed by atoms with van der Waals surface area (Å²) in [5.41, 5.74) is -0.238. The summed E-state index contributed by atoms with van der Waals surface area (Å²) < 4.78 is 5.99. The lowest BCUT2D eigenvalue weighted by Crippen LogP contribution is -2.03. The average molecular weight is 374 g/mol. The predicted molar refractivity (Wildman–Crippen MR) is 82.1 cm³/mol. The van der Waals surface area contributed by atoms with Crippen molar-refractivity contribution in [2.75, 3.05) is 11.9 Å². The van der Waals surface area contributed by atoms with Gasteiger partial charge in [-0.05, 0) is 35.0 Å². The number of hydrogen-bond acceptors (Lipinski definition) is 6. The Bertz CT molecular complexity index is 684. The Morgan fingerprint density at radius 1 is 1.52 bits per heavy atom. The smallest absolute Gasteiger partial charge is 0.313 e. The summed E-state index contributed by atoms with van der Waals surface area (Å²) in [5.74, 6) is 0.588. The van der Waals surface area contributed by atoms with Crippen LogP contribution < -0.4 is 10.1 Å². The first kappa shape index (κ1) is 15.5. The van der Waals surface area contributed by atoms with Gasteiger partial charge in [0.15, 0.2) is 0 Å². The van der Waals surface area contributed by atoms with Gasteiger partial charge in [-0.25, -0.2) is 4.98 Å². The molecule has 0 bridgehead atoms. The predicted octanol–water partition coefficient (Wildman–Crippen LogP) is 4.02. The van der Waals surface area contributed by atoms with Crippen LogP contribution in [0.15, 0.2) is 28.9 Å². The third-order valence-electron chi connectivity index (χ3n) is 2.37. The standard InChI is InChI=1S/C12H10BrClN4O3/c1-2-15-12-16-6-8(13)11(17-12)21-10-4-3-7(14)5-9(10)18(19)20/h3-6H,2H2,1H3,(H,15,16,17). The summed E-state index contributed by atoms with van der Waals surface area (Å²) in [6, 6.07) is 4.14. The van der Waals surface area contributed by atoms with Crippen LogP contribution in [-0.4, -0.2) is 21.4 Å². The van der Waals surface area contributed by atoms with Gasteiger partial charge in [0, 0.05) is 17.6 Å². The fraction of sp³-hybridized carbons (Fsp3) is 0.167. The molecule has 9 heteroatoms. The Balaban J connectivity index is 2.38. The number of benzene rings is 1. The molecule has 1 aromatic heterocycles. The van der Waals surface area contributed by atoms with Gasteiger partial charge in [-0.1, -0.05) is 11.6 Å². The normalized spacial score (nSPS) is 10.2. The fourth-order valence-corrected chi connectivity index (χ4v) is 1.93. The summed E-state index contributed by atoms with van der Waals surface area (Å²) in [6.07, 6.45) is 1.50. The van der Waals surface area contributed by atoms with E-state index in [9.17, 15) is 10.1 Å². The van der Waals surface area contributed by atoms with Crippen LogP contribution in [0.4, 0.5) is 11.6 Å². The summed E-state index contributed by atoms with van der Waals surface area (Å²) in [7, 11) is 0. The SMILES string of the molecule is CCNc1ncc(Br)c(Oc2ccc(Cl)cc2[N+](=O)[O-])n1. The molecule has 0 saturated carbocycles. The van der Waals surface area contributed by atoms with Crippen LogP contribution in [0.2, 0.25) is 5.02 Å². The Hall–Kier alpha value is -1.93. The number of nitro groups is 1. The zero-order valence-electron chi connectivity index (χ0n) is 10.8. The maximum atomic E-state index is 11.0. The van der Waals surface area contributed by atoms with Gasteiger partial charge in [-0.3, -0.25) is 10.1 Å². The molecule has 0 aliphatic rings. The molecule has 0 radical (unpaired) electrons. The lowest BCUT2D eigenvalue weighted by Gasteiger charge is -2.09. The van der Waals surface area contributed by atoms with E-state index in [1.165, 1.54) is 24.4 Å². The molecule has 1 N–H and O–H groups in total. The van der Waals surface area contributed by atoms with Gasteiger partial charge in [-0.15, -0.1) is 0 Å². The van der Waals surface area contributed by atoms with Crippen molar-refractivity contribution in [3.63, 3.8) is 0 Å². The molecule has 0 fully saturated rings. The zero-order valence-corrected chi connectivity index (χ0v) is 13.2. The zero-order chi connectivity index (χ0) is 15.4. The molecule has 0 spiro atoms. The Labute approximate surface area is 133 Å². The van der Waals surface area contributed by atoms with Crippen LogP contribution in [0.25, 0.3) is 0 Å². The van der Waals surface area contributed by atoms with Crippen LogP contribution in [-0.2, 0) is 0 Å². The molecule has 2 rings (SSSR count). The maximum absolute atomic E-state index is 11.0. The molecule has 0 amide bonds. The second kappa shape index (κ2) is 6.68. The number of hydrogen-bond donors (Lipinski definition) is 1. The van der Waals surface area contributed by atoms with E-state index in [1.54, 1.807) is 0 Å². The first-order chi connectivity index (χ1) is 10.0. The van der Waals surface area contributed by atoms with Crippen molar-refractivity contribution in [3.8, 4) is 11.6 Å². The number of rotatable bonds is 5. The van der Waals surface area contributed by atoms with Gasteiger partial charge >= 0.3 is 5.69 Å². The topological polar surface area (TPSA) is 90.2 Å². The Morgan fingerprint density at radius 3 is 2.95 bits per heavy atom. The van der Waals surface area contributed by atoms with Crippen molar-refractivity contribution in [3.05, 3.63) is 44.0 Å². The minimum atomic E-state index is -0.568. The summed E-state index contributed by atoms with van der Waals surface area (Å²) in [4.78, 5) is 18.6. The molecule has 110 valence electrons. The van der Waals surface area contributed by atoms with Crippen LogP contribution in [0.5, 0.6) is 11.6 Å². The van der Waals surface area contributed by atoms with Gasteiger partial charge in [0.05, 0.1) is 15.6 Å². The van der Waals surface area contributed by atoms with Crippen molar-refractivity contribution in [1.29, 1.82) is 0 Å². The highest BCUT2D eigenvalue weighted by Gasteiger charge is 2.18. The second-order valence-corrected chi connectivity index (χ2v) is 5.14. The minimum Gasteiger partial charge on any atom is -0.430 e. The number of nitro benzene ring substituents is 1. The van der Waals surface area contributed by atoms with Crippen LogP contribution >= 0.6 is 27.5 Å². The third-order valence-corrected chi connectivity index (χ3v) is 3.15. The van der Waals surface area contributed by atoms with Gasteiger partial charge < -0.3 is 10.1 Å². The first-order valence-electron chi connectivity index (χ1n) is 5.89. The Kier molecular flexibility index (Phi) is 4.92. The molecule has 0 aliphatic carbocycles. The molecule has 1 heterocycles. The highest BCUT2D eigenvalue weighted by Crippen LogP contribution is 2.35. The largest absolute Gasteiger partial charge is 0.430 e. The van der Waals surface area contributed by atoms with E-state index < -0.39 is 4.92 Å². The van der Waals surface area contributed by atoms with E-state index in [2.05, 4.69) is 31.2 Å². The highest BCUT2D eigenvalue weighted by atomic mass is 79.9. The summed E-state index contributed by atoms with van der Waals surface area (Å²) >= 11 is 9.00.